The molecule has 0 saturated carbocycles. The molecule has 4 aromatic carbocycles. The smallest absolute Gasteiger partial charge is 0.330 e. The van der Waals surface area contributed by atoms with Gasteiger partial charge in [-0.25, -0.2) is 0 Å². The van der Waals surface area contributed by atoms with Crippen molar-refractivity contribution in [3.05, 3.63) is 84.9 Å². The maximum Gasteiger partial charge on any atom is 0.330 e. The molecule has 0 aliphatic rings. The quantitative estimate of drug-likeness (QED) is 0.445. The third-order valence-electron chi connectivity index (χ3n) is 5.49. The Bertz CT molecular complexity index is 1460. The highest BCUT2D eigenvalue weighted by molar-refractivity contribution is 6.50. The fourth-order valence-electron chi connectivity index (χ4n) is 4.29. The Morgan fingerprint density at radius 2 is 1.18 bits per heavy atom. The van der Waals surface area contributed by atoms with E-state index in [2.05, 4.69) is 71.3 Å². The van der Waals surface area contributed by atoms with Crippen molar-refractivity contribution in [1.82, 2.24) is 4.57 Å². The van der Waals surface area contributed by atoms with E-state index in [9.17, 15) is 5.02 Å². The molecule has 1 radical (unpaired) electrons. The summed E-state index contributed by atoms with van der Waals surface area (Å²) in [5.41, 5.74) is 5.49. The molecule has 0 amide bonds. The van der Waals surface area contributed by atoms with Crippen molar-refractivity contribution < 1.29 is 9.44 Å². The lowest BCUT2D eigenvalue weighted by atomic mass is 9.87. The molecule has 0 saturated heterocycles. The largest absolute Gasteiger partial charge is 0.454 e. The van der Waals surface area contributed by atoms with Crippen molar-refractivity contribution in [1.29, 1.82) is 0 Å². The van der Waals surface area contributed by atoms with Gasteiger partial charge < -0.3 is 14.0 Å². The molecule has 0 bridgehead atoms. The number of nitrogens with zero attached hydrogens (tertiary/aromatic N) is 1. The number of para-hydroxylation sites is 4. The molecule has 6 rings (SSSR count). The molecule has 0 aliphatic heterocycles. The number of furan rings is 1. The Morgan fingerprint density at radius 1 is 0.607 bits per heavy atom. The SMILES string of the molecule is O[B]c1cccc2c1oc1c(-n3c4ccccc4c4ccccc43)cccc12. The minimum Gasteiger partial charge on any atom is -0.454 e. The standard InChI is InChI=1S/C24H15BNO2/c27-25-19-11-5-9-17-18-10-6-14-22(24(18)28-23(17)19)26-20-12-3-1-7-15(20)16-8-2-4-13-21(16)26/h1-14,27H. The Balaban J connectivity index is 1.81. The number of aromatic nitrogens is 1. The molecule has 6 aromatic rings. The van der Waals surface area contributed by atoms with E-state index in [1.807, 2.05) is 18.2 Å². The average Bonchev–Trinajstić information content (AvgIpc) is 3.30. The summed E-state index contributed by atoms with van der Waals surface area (Å²) < 4.78 is 8.58. The molecule has 0 unspecified atom stereocenters. The summed E-state index contributed by atoms with van der Waals surface area (Å²) >= 11 is 0. The summed E-state index contributed by atoms with van der Waals surface area (Å²) in [5, 5.41) is 14.1. The second-order valence-electron chi connectivity index (χ2n) is 6.98. The van der Waals surface area contributed by atoms with Crippen molar-refractivity contribution >= 4 is 56.7 Å². The molecule has 0 atom stereocenters. The molecule has 0 spiro atoms. The molecular weight excluding hydrogens is 345 g/mol. The lowest BCUT2D eigenvalue weighted by molar-refractivity contribution is 0.613. The number of benzene rings is 4. The summed E-state index contributed by atoms with van der Waals surface area (Å²) in [6.45, 7) is 0. The van der Waals surface area contributed by atoms with Crippen molar-refractivity contribution in [2.45, 2.75) is 0 Å². The first-order chi connectivity index (χ1) is 13.9. The third-order valence-corrected chi connectivity index (χ3v) is 5.49. The van der Waals surface area contributed by atoms with E-state index in [1.54, 1.807) is 0 Å². The Labute approximate surface area is 161 Å². The first-order valence-electron chi connectivity index (χ1n) is 9.27. The molecule has 28 heavy (non-hydrogen) atoms. The number of hydrogen-bond acceptors (Lipinski definition) is 2. The van der Waals surface area contributed by atoms with E-state index in [1.165, 1.54) is 10.8 Å². The molecule has 0 aliphatic carbocycles. The van der Waals surface area contributed by atoms with Crippen molar-refractivity contribution in [2.24, 2.45) is 0 Å². The van der Waals surface area contributed by atoms with E-state index >= 15 is 0 Å². The van der Waals surface area contributed by atoms with Crippen LogP contribution in [0.3, 0.4) is 0 Å². The van der Waals surface area contributed by atoms with Gasteiger partial charge in [-0.2, -0.15) is 0 Å². The van der Waals surface area contributed by atoms with Crippen molar-refractivity contribution in [2.75, 3.05) is 0 Å². The van der Waals surface area contributed by atoms with Crippen LogP contribution in [0.25, 0.3) is 49.4 Å². The first-order valence-corrected chi connectivity index (χ1v) is 9.27. The number of rotatable bonds is 2. The number of fused-ring (bicyclic) bond motifs is 6. The van der Waals surface area contributed by atoms with Crippen LogP contribution in [-0.2, 0) is 0 Å². The van der Waals surface area contributed by atoms with Gasteiger partial charge in [0.25, 0.3) is 0 Å². The minimum atomic E-state index is 0.682. The maximum absolute atomic E-state index is 9.61. The predicted molar refractivity (Wildman–Crippen MR) is 116 cm³/mol. The highest BCUT2D eigenvalue weighted by Gasteiger charge is 2.18. The molecule has 0 fully saturated rings. The Kier molecular flexibility index (Phi) is 3.19. The number of hydrogen-bond donors (Lipinski definition) is 1. The fourth-order valence-corrected chi connectivity index (χ4v) is 4.29. The van der Waals surface area contributed by atoms with Gasteiger partial charge in [-0.15, -0.1) is 0 Å². The first kappa shape index (κ1) is 15.6. The van der Waals surface area contributed by atoms with Crippen LogP contribution in [0.4, 0.5) is 0 Å². The van der Waals surface area contributed by atoms with E-state index < -0.39 is 0 Å². The summed E-state index contributed by atoms with van der Waals surface area (Å²) in [5.74, 6) is 0. The van der Waals surface area contributed by atoms with Gasteiger partial charge >= 0.3 is 7.48 Å². The zero-order valence-corrected chi connectivity index (χ0v) is 15.0. The van der Waals surface area contributed by atoms with Gasteiger partial charge in [-0.3, -0.25) is 0 Å². The highest BCUT2D eigenvalue weighted by Crippen LogP contribution is 2.37. The monoisotopic (exact) mass is 360 g/mol. The highest BCUT2D eigenvalue weighted by atomic mass is 16.3. The predicted octanol–water partition coefficient (Wildman–Crippen LogP) is 4.92. The van der Waals surface area contributed by atoms with Gasteiger partial charge in [0.1, 0.15) is 5.58 Å². The Morgan fingerprint density at radius 3 is 1.86 bits per heavy atom. The molecule has 1 N–H and O–H groups in total. The van der Waals surface area contributed by atoms with Crippen LogP contribution in [0.2, 0.25) is 0 Å². The van der Waals surface area contributed by atoms with Crippen molar-refractivity contribution in [3.8, 4) is 5.69 Å². The van der Waals surface area contributed by atoms with Crippen LogP contribution in [0, 0.1) is 0 Å². The third kappa shape index (κ3) is 1.98. The van der Waals surface area contributed by atoms with Crippen LogP contribution in [-0.4, -0.2) is 17.1 Å². The van der Waals surface area contributed by atoms with E-state index in [0.29, 0.717) is 11.0 Å². The van der Waals surface area contributed by atoms with E-state index in [-0.39, 0.29) is 0 Å². The normalized spacial score (nSPS) is 11.8. The van der Waals surface area contributed by atoms with Crippen molar-refractivity contribution in [3.63, 3.8) is 0 Å². The van der Waals surface area contributed by atoms with Crippen LogP contribution in [0.1, 0.15) is 0 Å². The van der Waals surface area contributed by atoms with Crippen LogP contribution >= 0.6 is 0 Å². The van der Waals surface area contributed by atoms with Gasteiger partial charge in [0, 0.05) is 21.5 Å². The molecule has 2 aromatic heterocycles. The summed E-state index contributed by atoms with van der Waals surface area (Å²) in [6.07, 6.45) is 0. The van der Waals surface area contributed by atoms with Gasteiger partial charge in [0.15, 0.2) is 5.58 Å². The maximum atomic E-state index is 9.61. The topological polar surface area (TPSA) is 38.3 Å². The summed E-state index contributed by atoms with van der Waals surface area (Å²) in [4.78, 5) is 0. The van der Waals surface area contributed by atoms with E-state index in [4.69, 9.17) is 4.42 Å². The molecule has 3 nitrogen and oxygen atoms in total. The van der Waals surface area contributed by atoms with Crippen LogP contribution in [0.15, 0.2) is 89.3 Å². The van der Waals surface area contributed by atoms with Gasteiger partial charge in [-0.05, 0) is 23.7 Å². The zero-order valence-electron chi connectivity index (χ0n) is 15.0. The molecular formula is C24H15BNO2. The minimum absolute atomic E-state index is 0.682. The average molecular weight is 360 g/mol. The second-order valence-corrected chi connectivity index (χ2v) is 6.98. The van der Waals surface area contributed by atoms with Gasteiger partial charge in [0.2, 0.25) is 0 Å². The van der Waals surface area contributed by atoms with Gasteiger partial charge in [0.05, 0.1) is 16.7 Å². The van der Waals surface area contributed by atoms with Crippen LogP contribution in [0.5, 0.6) is 0 Å². The Hall–Kier alpha value is -3.50. The fraction of sp³-hybridized carbons (Fsp3) is 0. The summed E-state index contributed by atoms with van der Waals surface area (Å²) in [6, 6.07) is 28.9. The molecule has 131 valence electrons. The lowest BCUT2D eigenvalue weighted by Gasteiger charge is -2.08. The van der Waals surface area contributed by atoms with Crippen LogP contribution < -0.4 is 5.46 Å². The zero-order chi connectivity index (χ0) is 18.7. The lowest BCUT2D eigenvalue weighted by Crippen LogP contribution is -2.13. The van der Waals surface area contributed by atoms with E-state index in [0.717, 1.165) is 40.6 Å². The molecule has 4 heteroatoms. The summed E-state index contributed by atoms with van der Waals surface area (Å²) in [7, 11) is 1.10. The second kappa shape index (κ2) is 5.75. The van der Waals surface area contributed by atoms with Gasteiger partial charge in [-0.1, -0.05) is 66.7 Å². The molecule has 2 heterocycles.